The molecule has 9 heteroatoms. The van der Waals surface area contributed by atoms with Gasteiger partial charge in [0.1, 0.15) is 4.21 Å². The molecule has 0 radical (unpaired) electrons. The summed E-state index contributed by atoms with van der Waals surface area (Å²) in [6.07, 6.45) is 0. The van der Waals surface area contributed by atoms with Crippen molar-refractivity contribution in [3.05, 3.63) is 46.8 Å². The molecule has 1 aromatic carbocycles. The van der Waals surface area contributed by atoms with Crippen LogP contribution in [0.15, 0.2) is 45.5 Å². The molecule has 0 saturated heterocycles. The first kappa shape index (κ1) is 16.4. The molecular formula is C12H12ClNO4S3. The number of thiophene rings is 1. The van der Waals surface area contributed by atoms with Gasteiger partial charge in [0.25, 0.3) is 9.05 Å². The minimum Gasteiger partial charge on any atom is -0.207 e. The molecule has 0 saturated carbocycles. The van der Waals surface area contributed by atoms with Crippen molar-refractivity contribution in [3.63, 3.8) is 0 Å². The van der Waals surface area contributed by atoms with Gasteiger partial charge >= 0.3 is 0 Å². The minimum absolute atomic E-state index is 0.00563. The topological polar surface area (TPSA) is 80.3 Å². The number of sulfonamides is 1. The highest BCUT2D eigenvalue weighted by Crippen LogP contribution is 2.25. The fourth-order valence-corrected chi connectivity index (χ4v) is 4.88. The zero-order valence-corrected chi connectivity index (χ0v) is 14.1. The molecule has 0 aliphatic heterocycles. The molecule has 2 aromatic rings. The molecule has 0 bridgehead atoms. The van der Waals surface area contributed by atoms with Crippen LogP contribution in [-0.2, 0) is 25.6 Å². The van der Waals surface area contributed by atoms with E-state index in [1.54, 1.807) is 25.1 Å². The third kappa shape index (κ3) is 4.27. The zero-order chi connectivity index (χ0) is 15.7. The maximum Gasteiger partial charge on any atom is 0.270 e. The Balaban J connectivity index is 2.14. The Kier molecular flexibility index (Phi) is 4.74. The largest absolute Gasteiger partial charge is 0.270 e. The molecular weight excluding hydrogens is 354 g/mol. The van der Waals surface area contributed by atoms with Gasteiger partial charge in [0.15, 0.2) is 0 Å². The number of aryl methyl sites for hydroxylation is 1. The first-order chi connectivity index (χ1) is 9.68. The highest BCUT2D eigenvalue weighted by Gasteiger charge is 2.16. The first-order valence-corrected chi connectivity index (χ1v) is 10.4. The number of nitrogens with one attached hydrogen (secondary N) is 1. The van der Waals surface area contributed by atoms with Gasteiger partial charge in [-0.3, -0.25) is 0 Å². The Morgan fingerprint density at radius 3 is 2.43 bits per heavy atom. The predicted molar refractivity (Wildman–Crippen MR) is 82.6 cm³/mol. The Bertz CT molecular complexity index is 856. The Hall–Kier alpha value is -0.930. The summed E-state index contributed by atoms with van der Waals surface area (Å²) in [5, 5.41) is 0. The maximum absolute atomic E-state index is 12.1. The lowest BCUT2D eigenvalue weighted by Crippen LogP contribution is -2.22. The molecule has 0 unspecified atom stereocenters. The summed E-state index contributed by atoms with van der Waals surface area (Å²) in [7, 11) is -2.19. The monoisotopic (exact) mass is 365 g/mol. The van der Waals surface area contributed by atoms with E-state index in [0.29, 0.717) is 4.88 Å². The Morgan fingerprint density at radius 1 is 1.14 bits per heavy atom. The molecule has 5 nitrogen and oxygen atoms in total. The SMILES string of the molecule is Cc1cccc(S(=O)(=O)NCc2ccc(S(=O)(=O)Cl)s2)c1. The number of hydrogen-bond acceptors (Lipinski definition) is 5. The lowest BCUT2D eigenvalue weighted by atomic mass is 10.2. The van der Waals surface area contributed by atoms with Crippen LogP contribution in [0.4, 0.5) is 0 Å². The van der Waals surface area contributed by atoms with Gasteiger partial charge in [0, 0.05) is 22.1 Å². The van der Waals surface area contributed by atoms with Crippen LogP contribution in [0.2, 0.25) is 0 Å². The van der Waals surface area contributed by atoms with Crippen molar-refractivity contribution in [2.24, 2.45) is 0 Å². The quantitative estimate of drug-likeness (QED) is 0.825. The fourth-order valence-electron chi connectivity index (χ4n) is 1.62. The van der Waals surface area contributed by atoms with Gasteiger partial charge in [0.05, 0.1) is 4.90 Å². The summed E-state index contributed by atoms with van der Waals surface area (Å²) in [6.45, 7) is 1.81. The van der Waals surface area contributed by atoms with Crippen molar-refractivity contribution in [1.29, 1.82) is 0 Å². The van der Waals surface area contributed by atoms with E-state index >= 15 is 0 Å². The van der Waals surface area contributed by atoms with Crippen LogP contribution in [0.1, 0.15) is 10.4 Å². The summed E-state index contributed by atoms with van der Waals surface area (Å²) < 4.78 is 48.9. The van der Waals surface area contributed by atoms with Gasteiger partial charge in [-0.05, 0) is 36.8 Å². The molecule has 0 fully saturated rings. The molecule has 1 N–H and O–H groups in total. The number of rotatable bonds is 5. The molecule has 0 aliphatic rings. The standard InChI is InChI=1S/C12H12ClNO4S3/c1-9-3-2-4-11(7-9)21(17,18)14-8-10-5-6-12(19-10)20(13,15)16/h2-7,14H,8H2,1H3. The van der Waals surface area contributed by atoms with E-state index in [0.717, 1.165) is 16.9 Å². The Morgan fingerprint density at radius 2 is 1.86 bits per heavy atom. The highest BCUT2D eigenvalue weighted by molar-refractivity contribution is 8.15. The third-order valence-corrected chi connectivity index (χ3v) is 7.19. The van der Waals surface area contributed by atoms with E-state index in [1.165, 1.54) is 18.2 Å². The minimum atomic E-state index is -3.78. The van der Waals surface area contributed by atoms with Crippen molar-refractivity contribution in [1.82, 2.24) is 4.72 Å². The summed E-state index contributed by atoms with van der Waals surface area (Å²) in [6, 6.07) is 9.40. The Labute approximate surface area is 132 Å². The number of benzene rings is 1. The molecule has 2 rings (SSSR count). The van der Waals surface area contributed by atoms with Gasteiger partial charge in [-0.2, -0.15) is 0 Å². The molecule has 0 atom stereocenters. The molecule has 21 heavy (non-hydrogen) atoms. The first-order valence-electron chi connectivity index (χ1n) is 5.78. The molecule has 1 heterocycles. The van der Waals surface area contributed by atoms with E-state index in [-0.39, 0.29) is 15.6 Å². The van der Waals surface area contributed by atoms with Crippen LogP contribution in [0.25, 0.3) is 0 Å². The highest BCUT2D eigenvalue weighted by atomic mass is 35.7. The smallest absolute Gasteiger partial charge is 0.207 e. The average molecular weight is 366 g/mol. The van der Waals surface area contributed by atoms with Crippen LogP contribution in [0.5, 0.6) is 0 Å². The fraction of sp³-hybridized carbons (Fsp3) is 0.167. The molecule has 114 valence electrons. The lowest BCUT2D eigenvalue weighted by Gasteiger charge is -2.06. The third-order valence-electron chi connectivity index (χ3n) is 2.61. The van der Waals surface area contributed by atoms with Gasteiger partial charge in [0.2, 0.25) is 10.0 Å². The average Bonchev–Trinajstić information content (AvgIpc) is 2.85. The lowest BCUT2D eigenvalue weighted by molar-refractivity contribution is 0.581. The van der Waals surface area contributed by atoms with Crippen molar-refractivity contribution in [3.8, 4) is 0 Å². The van der Waals surface area contributed by atoms with Gasteiger partial charge in [-0.1, -0.05) is 12.1 Å². The summed E-state index contributed by atoms with van der Waals surface area (Å²) >= 11 is 0.932. The van der Waals surface area contributed by atoms with Crippen molar-refractivity contribution in [2.45, 2.75) is 22.6 Å². The molecule has 1 aromatic heterocycles. The van der Waals surface area contributed by atoms with Crippen molar-refractivity contribution in [2.75, 3.05) is 0 Å². The number of halogens is 1. The number of hydrogen-bond donors (Lipinski definition) is 1. The van der Waals surface area contributed by atoms with E-state index in [2.05, 4.69) is 4.72 Å². The molecule has 0 amide bonds. The normalized spacial score (nSPS) is 12.5. The van der Waals surface area contributed by atoms with Crippen LogP contribution < -0.4 is 4.72 Å². The summed E-state index contributed by atoms with van der Waals surface area (Å²) in [5.74, 6) is 0. The van der Waals surface area contributed by atoms with Crippen LogP contribution in [0, 0.1) is 6.92 Å². The predicted octanol–water partition coefficient (Wildman–Crippen LogP) is 2.46. The second-order valence-electron chi connectivity index (χ2n) is 4.30. The molecule has 0 spiro atoms. The van der Waals surface area contributed by atoms with Crippen molar-refractivity contribution < 1.29 is 16.8 Å². The van der Waals surface area contributed by atoms with Crippen molar-refractivity contribution >= 4 is 41.1 Å². The van der Waals surface area contributed by atoms with Crippen LogP contribution in [0.3, 0.4) is 0 Å². The van der Waals surface area contributed by atoms with Crippen LogP contribution >= 0.6 is 22.0 Å². The molecule has 0 aliphatic carbocycles. The van der Waals surface area contributed by atoms with E-state index in [4.69, 9.17) is 10.7 Å². The maximum atomic E-state index is 12.1. The van der Waals surface area contributed by atoms with E-state index < -0.39 is 19.1 Å². The zero-order valence-electron chi connectivity index (χ0n) is 10.9. The van der Waals surface area contributed by atoms with Gasteiger partial charge in [-0.15, -0.1) is 11.3 Å². The summed E-state index contributed by atoms with van der Waals surface area (Å²) in [4.78, 5) is 0.731. The van der Waals surface area contributed by atoms with Gasteiger partial charge in [-0.25, -0.2) is 21.6 Å². The van der Waals surface area contributed by atoms with Gasteiger partial charge < -0.3 is 0 Å². The second kappa shape index (κ2) is 6.05. The second-order valence-corrected chi connectivity index (χ2v) is 10.0. The van der Waals surface area contributed by atoms with Crippen LogP contribution in [-0.4, -0.2) is 16.8 Å². The van der Waals surface area contributed by atoms with E-state index in [9.17, 15) is 16.8 Å². The summed E-state index contributed by atoms with van der Waals surface area (Å²) in [5.41, 5.74) is 0.838. The van der Waals surface area contributed by atoms with E-state index in [1.807, 2.05) is 0 Å².